The fourth-order valence-corrected chi connectivity index (χ4v) is 4.04. The van der Waals surface area contributed by atoms with E-state index in [4.69, 9.17) is 4.74 Å². The highest BCUT2D eigenvalue weighted by Crippen LogP contribution is 2.39. The lowest BCUT2D eigenvalue weighted by molar-refractivity contribution is 0.502. The minimum atomic E-state index is -3.23. The van der Waals surface area contributed by atoms with Crippen LogP contribution in [-0.4, -0.2) is 14.7 Å². The van der Waals surface area contributed by atoms with E-state index in [0.29, 0.717) is 4.90 Å². The monoisotopic (exact) mass is 376 g/mol. The number of rotatable bonds is 3. The number of ether oxygens (including phenoxy) is 1. The van der Waals surface area contributed by atoms with Gasteiger partial charge in [0.05, 0.1) is 4.90 Å². The average molecular weight is 376 g/mol. The molecule has 27 heavy (non-hydrogen) atoms. The van der Waals surface area contributed by atoms with E-state index in [2.05, 4.69) is 25.1 Å². The zero-order valence-corrected chi connectivity index (χ0v) is 16.1. The van der Waals surface area contributed by atoms with Crippen LogP contribution in [0.15, 0.2) is 77.7 Å². The predicted octanol–water partition coefficient (Wildman–Crippen LogP) is 4.90. The van der Waals surface area contributed by atoms with Gasteiger partial charge in [-0.2, -0.15) is 0 Å². The summed E-state index contributed by atoms with van der Waals surface area (Å²) in [6.45, 7) is 2.09. The molecule has 4 rings (SSSR count). The van der Waals surface area contributed by atoms with Gasteiger partial charge in [-0.15, -0.1) is 0 Å². The van der Waals surface area contributed by atoms with Gasteiger partial charge in [-0.25, -0.2) is 8.42 Å². The van der Waals surface area contributed by atoms with Gasteiger partial charge >= 0.3 is 0 Å². The number of sulfone groups is 1. The molecule has 0 bridgehead atoms. The quantitative estimate of drug-likeness (QED) is 0.653. The molecule has 0 fully saturated rings. The maximum absolute atomic E-state index is 11.8. The molecule has 0 spiro atoms. The molecule has 1 aliphatic rings. The van der Waals surface area contributed by atoms with Crippen molar-refractivity contribution >= 4 is 21.2 Å². The molecule has 0 aliphatic carbocycles. The second-order valence-electron chi connectivity index (χ2n) is 6.81. The molecule has 0 saturated carbocycles. The van der Waals surface area contributed by atoms with Crippen LogP contribution in [0.25, 0.3) is 11.3 Å². The molecule has 136 valence electrons. The van der Waals surface area contributed by atoms with Crippen molar-refractivity contribution in [3.8, 4) is 5.75 Å². The maximum atomic E-state index is 11.8. The Labute approximate surface area is 159 Å². The van der Waals surface area contributed by atoms with Gasteiger partial charge in [0, 0.05) is 23.8 Å². The fourth-order valence-electron chi connectivity index (χ4n) is 3.41. The normalized spacial score (nSPS) is 13.9. The summed E-state index contributed by atoms with van der Waals surface area (Å²) in [6.07, 6.45) is 1.98. The highest BCUT2D eigenvalue weighted by atomic mass is 32.2. The third-order valence-electron chi connectivity index (χ3n) is 4.84. The van der Waals surface area contributed by atoms with E-state index in [1.165, 1.54) is 11.8 Å². The van der Waals surface area contributed by atoms with Crippen LogP contribution in [0, 0.1) is 6.92 Å². The molecular weight excluding hydrogens is 356 g/mol. The highest BCUT2D eigenvalue weighted by molar-refractivity contribution is 7.90. The highest BCUT2D eigenvalue weighted by Gasteiger charge is 2.23. The number of allylic oxidation sites excluding steroid dienone is 1. The molecule has 0 atom stereocenters. The van der Waals surface area contributed by atoms with E-state index in [9.17, 15) is 8.42 Å². The second kappa shape index (κ2) is 6.71. The molecule has 0 N–H and O–H groups in total. The molecule has 3 nitrogen and oxygen atoms in total. The summed E-state index contributed by atoms with van der Waals surface area (Å²) in [6, 6.07) is 23.2. The van der Waals surface area contributed by atoms with Crippen molar-refractivity contribution in [3.63, 3.8) is 0 Å². The summed E-state index contributed by atoms with van der Waals surface area (Å²) < 4.78 is 29.8. The summed E-state index contributed by atoms with van der Waals surface area (Å²) >= 11 is 0. The van der Waals surface area contributed by atoms with Gasteiger partial charge in [0.2, 0.25) is 0 Å². The Morgan fingerprint density at radius 3 is 2.22 bits per heavy atom. The molecular formula is C23H20O3S. The zero-order valence-electron chi connectivity index (χ0n) is 15.3. The van der Waals surface area contributed by atoms with Crippen LogP contribution in [0.5, 0.6) is 5.75 Å². The Hall–Kier alpha value is -2.85. The SMILES string of the molecule is Cc1ccccc1C1=C(c2ccc(S(C)(=O)=O)cc2)Oc2ccccc2C1. The lowest BCUT2D eigenvalue weighted by Gasteiger charge is -2.25. The molecule has 0 amide bonds. The summed E-state index contributed by atoms with van der Waals surface area (Å²) in [4.78, 5) is 0.306. The predicted molar refractivity (Wildman–Crippen MR) is 108 cm³/mol. The van der Waals surface area contributed by atoms with Crippen LogP contribution in [0.4, 0.5) is 0 Å². The van der Waals surface area contributed by atoms with Crippen molar-refractivity contribution < 1.29 is 13.2 Å². The standard InChI is InChI=1S/C23H20O3S/c1-16-7-3-5-9-20(16)21-15-18-8-4-6-10-22(18)26-23(21)17-11-13-19(14-12-17)27(2,24)25/h3-14H,15H2,1-2H3. The van der Waals surface area contributed by atoms with Crippen LogP contribution in [0.1, 0.15) is 22.3 Å². The Kier molecular flexibility index (Phi) is 4.36. The number of hydrogen-bond acceptors (Lipinski definition) is 3. The van der Waals surface area contributed by atoms with Crippen LogP contribution >= 0.6 is 0 Å². The van der Waals surface area contributed by atoms with Crippen molar-refractivity contribution in [2.24, 2.45) is 0 Å². The number of para-hydroxylation sites is 1. The Morgan fingerprint density at radius 2 is 1.52 bits per heavy atom. The minimum Gasteiger partial charge on any atom is -0.456 e. The number of fused-ring (bicyclic) bond motifs is 1. The largest absolute Gasteiger partial charge is 0.456 e. The van der Waals surface area contributed by atoms with E-state index in [1.807, 2.05) is 42.5 Å². The number of benzene rings is 3. The first kappa shape index (κ1) is 17.6. The van der Waals surface area contributed by atoms with Crippen molar-refractivity contribution in [2.75, 3.05) is 6.26 Å². The zero-order chi connectivity index (χ0) is 19.0. The van der Waals surface area contributed by atoms with E-state index in [0.717, 1.165) is 40.2 Å². The molecule has 3 aromatic carbocycles. The van der Waals surface area contributed by atoms with Crippen LogP contribution in [0.2, 0.25) is 0 Å². The minimum absolute atomic E-state index is 0.306. The van der Waals surface area contributed by atoms with Crippen LogP contribution in [-0.2, 0) is 16.3 Å². The van der Waals surface area contributed by atoms with Crippen molar-refractivity contribution in [3.05, 3.63) is 95.1 Å². The Balaban J connectivity index is 1.88. The lowest BCUT2D eigenvalue weighted by atomic mass is 9.90. The molecule has 1 heterocycles. The first-order valence-electron chi connectivity index (χ1n) is 8.79. The molecule has 1 aliphatic heterocycles. The molecule has 0 radical (unpaired) electrons. The van der Waals surface area contributed by atoms with Gasteiger partial charge in [0.25, 0.3) is 0 Å². The van der Waals surface area contributed by atoms with Gasteiger partial charge in [-0.1, -0.05) is 42.5 Å². The Bertz CT molecular complexity index is 1140. The maximum Gasteiger partial charge on any atom is 0.175 e. The molecule has 0 saturated heterocycles. The van der Waals surface area contributed by atoms with Gasteiger partial charge in [-0.05, 0) is 53.9 Å². The van der Waals surface area contributed by atoms with Gasteiger partial charge in [-0.3, -0.25) is 0 Å². The van der Waals surface area contributed by atoms with Crippen molar-refractivity contribution in [1.29, 1.82) is 0 Å². The third-order valence-corrected chi connectivity index (χ3v) is 5.97. The third kappa shape index (κ3) is 3.40. The molecule has 4 heteroatoms. The average Bonchev–Trinajstić information content (AvgIpc) is 2.67. The topological polar surface area (TPSA) is 43.4 Å². The first-order chi connectivity index (χ1) is 12.9. The summed E-state index contributed by atoms with van der Waals surface area (Å²) in [5, 5.41) is 0. The second-order valence-corrected chi connectivity index (χ2v) is 8.82. The smallest absolute Gasteiger partial charge is 0.175 e. The molecule has 0 aromatic heterocycles. The summed E-state index contributed by atoms with van der Waals surface area (Å²) in [5.74, 6) is 1.63. The van der Waals surface area contributed by atoms with Gasteiger partial charge in [0.15, 0.2) is 9.84 Å². The van der Waals surface area contributed by atoms with Crippen molar-refractivity contribution in [2.45, 2.75) is 18.2 Å². The van der Waals surface area contributed by atoms with Crippen molar-refractivity contribution in [1.82, 2.24) is 0 Å². The van der Waals surface area contributed by atoms with E-state index in [1.54, 1.807) is 12.1 Å². The van der Waals surface area contributed by atoms with Gasteiger partial charge in [0.1, 0.15) is 11.5 Å². The van der Waals surface area contributed by atoms with Crippen LogP contribution in [0.3, 0.4) is 0 Å². The van der Waals surface area contributed by atoms with E-state index in [-0.39, 0.29) is 0 Å². The fraction of sp³-hybridized carbons (Fsp3) is 0.130. The lowest BCUT2D eigenvalue weighted by Crippen LogP contribution is -2.10. The van der Waals surface area contributed by atoms with E-state index < -0.39 is 9.84 Å². The first-order valence-corrected chi connectivity index (χ1v) is 10.7. The number of hydrogen-bond donors (Lipinski definition) is 0. The summed E-state index contributed by atoms with van der Waals surface area (Å²) in [5.41, 5.74) is 5.45. The van der Waals surface area contributed by atoms with Crippen LogP contribution < -0.4 is 4.74 Å². The van der Waals surface area contributed by atoms with E-state index >= 15 is 0 Å². The Morgan fingerprint density at radius 1 is 0.852 bits per heavy atom. The molecule has 3 aromatic rings. The van der Waals surface area contributed by atoms with Gasteiger partial charge < -0.3 is 4.74 Å². The summed E-state index contributed by atoms with van der Waals surface area (Å²) in [7, 11) is -3.23. The molecule has 0 unspecified atom stereocenters. The number of aryl methyl sites for hydroxylation is 1.